The highest BCUT2D eigenvalue weighted by molar-refractivity contribution is 5.89. The Labute approximate surface area is 216 Å². The number of benzene rings is 2. The largest absolute Gasteiger partial charge is 0.478 e. The van der Waals surface area contributed by atoms with Gasteiger partial charge in [-0.3, -0.25) is 4.68 Å². The second kappa shape index (κ2) is 9.81. The maximum absolute atomic E-state index is 12.1. The van der Waals surface area contributed by atoms with E-state index in [0.717, 1.165) is 34.6 Å². The monoisotopic (exact) mass is 493 g/mol. The fourth-order valence-corrected chi connectivity index (χ4v) is 5.66. The molecule has 0 spiro atoms. The molecule has 37 heavy (non-hydrogen) atoms. The lowest BCUT2D eigenvalue weighted by Crippen LogP contribution is -2.06. The normalized spacial score (nSPS) is 19.9. The molecule has 6 rings (SSSR count). The molecule has 0 saturated heterocycles. The van der Waals surface area contributed by atoms with Gasteiger partial charge in [0.15, 0.2) is 0 Å². The van der Waals surface area contributed by atoms with Crippen LogP contribution in [-0.4, -0.2) is 35.9 Å². The topological polar surface area (TPSA) is 85.8 Å². The van der Waals surface area contributed by atoms with Gasteiger partial charge in [-0.15, -0.1) is 5.10 Å². The van der Waals surface area contributed by atoms with Crippen molar-refractivity contribution in [1.82, 2.24) is 24.8 Å². The number of carboxylic acids is 1. The highest BCUT2D eigenvalue weighted by Gasteiger charge is 2.46. The van der Waals surface area contributed by atoms with Gasteiger partial charge in [-0.05, 0) is 60.1 Å². The average molecular weight is 494 g/mol. The van der Waals surface area contributed by atoms with Crippen LogP contribution in [0, 0.1) is 5.92 Å². The van der Waals surface area contributed by atoms with E-state index < -0.39 is 5.97 Å². The minimum Gasteiger partial charge on any atom is -0.478 e. The van der Waals surface area contributed by atoms with Crippen LogP contribution < -0.4 is 0 Å². The third-order valence-electron chi connectivity index (χ3n) is 7.70. The lowest BCUT2D eigenvalue weighted by molar-refractivity contribution is 0.0695. The first-order valence-electron chi connectivity index (χ1n) is 13.1. The molecule has 0 unspecified atom stereocenters. The van der Waals surface area contributed by atoms with Crippen LogP contribution in [0.15, 0.2) is 67.0 Å². The van der Waals surface area contributed by atoms with Crippen molar-refractivity contribution in [2.45, 2.75) is 50.4 Å². The number of allylic oxidation sites excluding steroid dienone is 1. The van der Waals surface area contributed by atoms with E-state index in [-0.39, 0.29) is 17.4 Å². The van der Waals surface area contributed by atoms with Crippen molar-refractivity contribution in [2.24, 2.45) is 13.0 Å². The number of nitrogens with zero attached hydrogens (tertiary/aromatic N) is 5. The fourth-order valence-electron chi connectivity index (χ4n) is 5.66. The molecule has 2 saturated carbocycles. The molecular formula is C30H31N5O2. The Kier molecular flexibility index (Phi) is 6.20. The van der Waals surface area contributed by atoms with Gasteiger partial charge in [-0.1, -0.05) is 67.0 Å². The molecule has 1 N–H and O–H groups in total. The van der Waals surface area contributed by atoms with Crippen LogP contribution in [0.5, 0.6) is 0 Å². The minimum absolute atomic E-state index is 0.0437. The van der Waals surface area contributed by atoms with Crippen LogP contribution in [0.3, 0.4) is 0 Å². The van der Waals surface area contributed by atoms with Gasteiger partial charge in [0.25, 0.3) is 0 Å². The van der Waals surface area contributed by atoms with Crippen LogP contribution >= 0.6 is 0 Å². The number of aromatic carboxylic acids is 1. The zero-order chi connectivity index (χ0) is 25.4. The standard InChI is InChI=1S/C30H31N5O2/c1-34-19-28(32-33-34)25-17-26(25)29-27(30(36)37)18-31-35(29)24-12-6-11-23(16-24)22-10-5-9-21(15-22)14-13-20-7-3-2-4-8-20/h5-6,9-16,18-20,25-26H,2-4,7-8,17H2,1H3,(H,36,37)/b14-13+/t25-,26-/m1/s1. The molecule has 188 valence electrons. The third kappa shape index (κ3) is 4.86. The van der Waals surface area contributed by atoms with Crippen LogP contribution in [0.2, 0.25) is 0 Å². The third-order valence-corrected chi connectivity index (χ3v) is 7.70. The van der Waals surface area contributed by atoms with Gasteiger partial charge >= 0.3 is 5.97 Å². The fraction of sp³-hybridized carbons (Fsp3) is 0.333. The predicted octanol–water partition coefficient (Wildman–Crippen LogP) is 6.23. The van der Waals surface area contributed by atoms with Gasteiger partial charge in [-0.2, -0.15) is 5.10 Å². The van der Waals surface area contributed by atoms with Crippen LogP contribution in [-0.2, 0) is 7.05 Å². The first-order chi connectivity index (χ1) is 18.1. The molecule has 2 aromatic carbocycles. The summed E-state index contributed by atoms with van der Waals surface area (Å²) in [5.74, 6) is -0.0737. The Balaban J connectivity index is 1.30. The van der Waals surface area contributed by atoms with E-state index in [2.05, 4.69) is 64.0 Å². The summed E-state index contributed by atoms with van der Waals surface area (Å²) in [6.07, 6.45) is 15.5. The van der Waals surface area contributed by atoms with Crippen LogP contribution in [0.4, 0.5) is 0 Å². The van der Waals surface area contributed by atoms with Gasteiger partial charge < -0.3 is 5.11 Å². The van der Waals surface area contributed by atoms with E-state index in [4.69, 9.17) is 0 Å². The molecule has 0 amide bonds. The summed E-state index contributed by atoms with van der Waals surface area (Å²) in [5.41, 5.74) is 6.12. The summed E-state index contributed by atoms with van der Waals surface area (Å²) < 4.78 is 3.48. The van der Waals surface area contributed by atoms with E-state index in [1.165, 1.54) is 43.9 Å². The van der Waals surface area contributed by atoms with Gasteiger partial charge in [0.1, 0.15) is 5.56 Å². The quantitative estimate of drug-likeness (QED) is 0.330. The number of aryl methyl sites for hydroxylation is 1. The highest BCUT2D eigenvalue weighted by Crippen LogP contribution is 2.55. The van der Waals surface area contributed by atoms with Gasteiger partial charge in [0.2, 0.25) is 0 Å². The smallest absolute Gasteiger partial charge is 0.339 e. The Morgan fingerprint density at radius 3 is 2.57 bits per heavy atom. The van der Waals surface area contributed by atoms with Crippen molar-refractivity contribution >= 4 is 12.0 Å². The van der Waals surface area contributed by atoms with E-state index in [0.29, 0.717) is 5.92 Å². The van der Waals surface area contributed by atoms with E-state index in [1.54, 1.807) is 9.36 Å². The number of hydrogen-bond donors (Lipinski definition) is 1. The van der Waals surface area contributed by atoms with Crippen molar-refractivity contribution in [2.75, 3.05) is 0 Å². The summed E-state index contributed by atoms with van der Waals surface area (Å²) in [7, 11) is 1.84. The zero-order valence-electron chi connectivity index (χ0n) is 21.0. The van der Waals surface area contributed by atoms with Gasteiger partial charge in [0.05, 0.1) is 23.3 Å². The van der Waals surface area contributed by atoms with Crippen molar-refractivity contribution in [1.29, 1.82) is 0 Å². The first kappa shape index (κ1) is 23.4. The molecule has 7 nitrogen and oxygen atoms in total. The van der Waals surface area contributed by atoms with Crippen LogP contribution in [0.25, 0.3) is 22.9 Å². The number of hydrogen-bond acceptors (Lipinski definition) is 4. The zero-order valence-corrected chi connectivity index (χ0v) is 21.0. The van der Waals surface area contributed by atoms with E-state index in [9.17, 15) is 9.90 Å². The number of carbonyl (C=O) groups is 1. The van der Waals surface area contributed by atoms with Gasteiger partial charge in [-0.25, -0.2) is 9.48 Å². The Hall–Kier alpha value is -4.00. The molecule has 7 heteroatoms. The average Bonchev–Trinajstić information content (AvgIpc) is 3.37. The molecule has 0 bridgehead atoms. The maximum atomic E-state index is 12.1. The molecule has 2 aliphatic carbocycles. The molecule has 0 radical (unpaired) electrons. The summed E-state index contributed by atoms with van der Waals surface area (Å²) in [6, 6.07) is 16.8. The van der Waals surface area contributed by atoms with Crippen molar-refractivity contribution in [3.63, 3.8) is 0 Å². The Morgan fingerprint density at radius 1 is 1.03 bits per heavy atom. The second-order valence-corrected chi connectivity index (χ2v) is 10.4. The molecular weight excluding hydrogens is 462 g/mol. The minimum atomic E-state index is -0.959. The Morgan fingerprint density at radius 2 is 1.81 bits per heavy atom. The summed E-state index contributed by atoms with van der Waals surface area (Å²) in [6.45, 7) is 0. The summed E-state index contributed by atoms with van der Waals surface area (Å²) in [4.78, 5) is 12.1. The molecule has 2 aliphatic rings. The number of rotatable bonds is 7. The lowest BCUT2D eigenvalue weighted by atomic mass is 9.88. The molecule has 2 heterocycles. The van der Waals surface area contributed by atoms with Crippen molar-refractivity contribution < 1.29 is 9.90 Å². The maximum Gasteiger partial charge on any atom is 0.339 e. The predicted molar refractivity (Wildman–Crippen MR) is 143 cm³/mol. The molecule has 2 atom stereocenters. The van der Waals surface area contributed by atoms with E-state index in [1.807, 2.05) is 25.4 Å². The van der Waals surface area contributed by atoms with Crippen LogP contribution in [0.1, 0.15) is 77.7 Å². The number of carboxylic acid groups (broad SMARTS) is 1. The van der Waals surface area contributed by atoms with E-state index >= 15 is 0 Å². The molecule has 2 fully saturated rings. The van der Waals surface area contributed by atoms with Crippen molar-refractivity contribution in [3.05, 3.63) is 89.5 Å². The highest BCUT2D eigenvalue weighted by atomic mass is 16.4. The molecule has 2 aromatic heterocycles. The molecule has 0 aliphatic heterocycles. The lowest BCUT2D eigenvalue weighted by Gasteiger charge is -2.17. The second-order valence-electron chi connectivity index (χ2n) is 10.4. The summed E-state index contributed by atoms with van der Waals surface area (Å²) >= 11 is 0. The van der Waals surface area contributed by atoms with Gasteiger partial charge in [0, 0.05) is 25.1 Å². The summed E-state index contributed by atoms with van der Waals surface area (Å²) in [5, 5.41) is 22.7. The first-order valence-corrected chi connectivity index (χ1v) is 13.1. The number of aromatic nitrogens is 5. The van der Waals surface area contributed by atoms with Crippen molar-refractivity contribution in [3.8, 4) is 16.8 Å². The molecule has 4 aromatic rings. The SMILES string of the molecule is Cn1cc([C@@H]2C[C@H]2c2c(C(=O)O)cnn2-c2cccc(-c3cccc(/C=C/C4CCCCC4)c3)c2)nn1. The Bertz CT molecular complexity index is 1460.